The molecule has 0 radical (unpaired) electrons. The van der Waals surface area contributed by atoms with Gasteiger partial charge in [0, 0.05) is 29.3 Å². The van der Waals surface area contributed by atoms with Crippen molar-refractivity contribution in [2.24, 2.45) is 0 Å². The molecule has 0 atom stereocenters. The van der Waals surface area contributed by atoms with Crippen molar-refractivity contribution < 1.29 is 23.8 Å². The monoisotopic (exact) mass is 319 g/mol. The number of carbonyl (C=O) groups is 2. The van der Waals surface area contributed by atoms with Crippen LogP contribution in [0, 0.1) is 0 Å². The second-order valence-corrected chi connectivity index (χ2v) is 4.88. The lowest BCUT2D eigenvalue weighted by molar-refractivity contribution is -0.145. The zero-order valence-electron chi connectivity index (χ0n) is 13.2. The second kappa shape index (κ2) is 9.07. The van der Waals surface area contributed by atoms with Crippen LogP contribution in [-0.2, 0) is 25.5 Å². The number of ether oxygens (including phenoxy) is 3. The molecular formula is C17H21NO5. The molecule has 0 bridgehead atoms. The van der Waals surface area contributed by atoms with Crippen LogP contribution in [0.2, 0.25) is 0 Å². The summed E-state index contributed by atoms with van der Waals surface area (Å²) in [4.78, 5) is 23.0. The highest BCUT2D eigenvalue weighted by molar-refractivity contribution is 5.98. The van der Waals surface area contributed by atoms with Crippen LogP contribution in [0.4, 0.5) is 0 Å². The summed E-state index contributed by atoms with van der Waals surface area (Å²) in [5.74, 6) is -0.364. The fraction of sp³-hybridized carbons (Fsp3) is 0.412. The van der Waals surface area contributed by atoms with Crippen molar-refractivity contribution >= 4 is 23.2 Å². The van der Waals surface area contributed by atoms with Gasteiger partial charge in [-0.15, -0.1) is 0 Å². The standard InChI is InChI=1S/C17H21NO5/c1-2-21-7-8-22-9-10-23-17(20)12-18-11-14(13-19)15-5-3-4-6-16(15)18/h3-6,11,13H,2,7-10,12H2,1H3. The van der Waals surface area contributed by atoms with Crippen LogP contribution >= 0.6 is 0 Å². The van der Waals surface area contributed by atoms with E-state index in [1.807, 2.05) is 31.2 Å². The van der Waals surface area contributed by atoms with Crippen molar-refractivity contribution in [3.8, 4) is 0 Å². The number of benzene rings is 1. The molecule has 0 aliphatic heterocycles. The van der Waals surface area contributed by atoms with Crippen LogP contribution in [0.5, 0.6) is 0 Å². The summed E-state index contributed by atoms with van der Waals surface area (Å²) >= 11 is 0. The Morgan fingerprint density at radius 1 is 1.13 bits per heavy atom. The number of rotatable bonds is 10. The van der Waals surface area contributed by atoms with Gasteiger partial charge >= 0.3 is 5.97 Å². The molecule has 2 rings (SSSR count). The lowest BCUT2D eigenvalue weighted by Crippen LogP contribution is -2.16. The molecule has 0 aliphatic carbocycles. The molecule has 0 N–H and O–H groups in total. The van der Waals surface area contributed by atoms with Crippen LogP contribution in [0.3, 0.4) is 0 Å². The number of hydrogen-bond donors (Lipinski definition) is 0. The Kier molecular flexibility index (Phi) is 6.77. The molecule has 1 aromatic carbocycles. The molecule has 0 saturated carbocycles. The topological polar surface area (TPSA) is 66.8 Å². The maximum Gasteiger partial charge on any atom is 0.326 e. The first-order valence-corrected chi connectivity index (χ1v) is 7.60. The first-order chi connectivity index (χ1) is 11.3. The van der Waals surface area contributed by atoms with E-state index in [2.05, 4.69) is 0 Å². The van der Waals surface area contributed by atoms with Gasteiger partial charge in [0.15, 0.2) is 6.29 Å². The number of carbonyl (C=O) groups excluding carboxylic acids is 2. The summed E-state index contributed by atoms with van der Waals surface area (Å²) in [5.41, 5.74) is 1.40. The third kappa shape index (κ3) is 4.91. The number of nitrogens with zero attached hydrogens (tertiary/aromatic N) is 1. The third-order valence-corrected chi connectivity index (χ3v) is 3.31. The van der Waals surface area contributed by atoms with Crippen molar-refractivity contribution in [2.75, 3.05) is 33.0 Å². The highest BCUT2D eigenvalue weighted by Gasteiger charge is 2.11. The van der Waals surface area contributed by atoms with Crippen LogP contribution in [-0.4, -0.2) is 49.9 Å². The van der Waals surface area contributed by atoms with Gasteiger partial charge in [-0.2, -0.15) is 0 Å². The van der Waals surface area contributed by atoms with Gasteiger partial charge in [0.25, 0.3) is 0 Å². The molecule has 124 valence electrons. The quantitative estimate of drug-likeness (QED) is 0.381. The summed E-state index contributed by atoms with van der Waals surface area (Å²) in [6.07, 6.45) is 2.45. The van der Waals surface area contributed by atoms with E-state index in [9.17, 15) is 9.59 Å². The lowest BCUT2D eigenvalue weighted by Gasteiger charge is -2.07. The van der Waals surface area contributed by atoms with E-state index in [-0.39, 0.29) is 19.1 Å². The van der Waals surface area contributed by atoms with Crippen molar-refractivity contribution in [1.82, 2.24) is 4.57 Å². The highest BCUT2D eigenvalue weighted by Crippen LogP contribution is 2.19. The normalized spacial score (nSPS) is 10.8. The van der Waals surface area contributed by atoms with E-state index in [1.165, 1.54) is 0 Å². The molecule has 6 nitrogen and oxygen atoms in total. The first kappa shape index (κ1) is 17.2. The summed E-state index contributed by atoms with van der Waals surface area (Å²) in [6, 6.07) is 7.45. The van der Waals surface area contributed by atoms with Crippen LogP contribution in [0.15, 0.2) is 30.5 Å². The Hall–Kier alpha value is -2.18. The molecule has 1 aromatic heterocycles. The Bertz CT molecular complexity index is 649. The minimum atomic E-state index is -0.364. The van der Waals surface area contributed by atoms with Crippen LogP contribution in [0.25, 0.3) is 10.9 Å². The molecular weight excluding hydrogens is 298 g/mol. The third-order valence-electron chi connectivity index (χ3n) is 3.31. The number of fused-ring (bicyclic) bond motifs is 1. The zero-order chi connectivity index (χ0) is 16.5. The molecule has 6 heteroatoms. The molecule has 23 heavy (non-hydrogen) atoms. The molecule has 1 heterocycles. The van der Waals surface area contributed by atoms with Gasteiger partial charge < -0.3 is 18.8 Å². The summed E-state index contributed by atoms with van der Waals surface area (Å²) in [7, 11) is 0. The van der Waals surface area contributed by atoms with Gasteiger partial charge in [-0.05, 0) is 13.0 Å². The van der Waals surface area contributed by atoms with Gasteiger partial charge in [0.2, 0.25) is 0 Å². The van der Waals surface area contributed by atoms with Crippen molar-refractivity contribution in [3.63, 3.8) is 0 Å². The number of para-hydroxylation sites is 1. The van der Waals surface area contributed by atoms with Gasteiger partial charge in [0.1, 0.15) is 13.2 Å². The number of aromatic nitrogens is 1. The molecule has 2 aromatic rings. The second-order valence-electron chi connectivity index (χ2n) is 4.88. The van der Waals surface area contributed by atoms with Crippen molar-refractivity contribution in [2.45, 2.75) is 13.5 Å². The molecule has 0 fully saturated rings. The van der Waals surface area contributed by atoms with Crippen molar-refractivity contribution in [3.05, 3.63) is 36.0 Å². The Morgan fingerprint density at radius 3 is 2.65 bits per heavy atom. The van der Waals surface area contributed by atoms with Gasteiger partial charge in [-0.25, -0.2) is 0 Å². The van der Waals surface area contributed by atoms with E-state index < -0.39 is 0 Å². The minimum absolute atomic E-state index is 0.0628. The first-order valence-electron chi connectivity index (χ1n) is 7.60. The maximum atomic E-state index is 11.9. The van der Waals surface area contributed by atoms with Gasteiger partial charge in [-0.3, -0.25) is 9.59 Å². The summed E-state index contributed by atoms with van der Waals surface area (Å²) < 4.78 is 17.3. The minimum Gasteiger partial charge on any atom is -0.462 e. The van der Waals surface area contributed by atoms with Gasteiger partial charge in [-0.1, -0.05) is 18.2 Å². The predicted molar refractivity (Wildman–Crippen MR) is 85.6 cm³/mol. The highest BCUT2D eigenvalue weighted by atomic mass is 16.6. The molecule has 0 saturated heterocycles. The number of esters is 1. The van der Waals surface area contributed by atoms with E-state index in [0.29, 0.717) is 32.0 Å². The van der Waals surface area contributed by atoms with Crippen LogP contribution < -0.4 is 0 Å². The zero-order valence-corrected chi connectivity index (χ0v) is 13.2. The average molecular weight is 319 g/mol. The van der Waals surface area contributed by atoms with E-state index in [0.717, 1.165) is 17.2 Å². The number of hydrogen-bond acceptors (Lipinski definition) is 5. The van der Waals surface area contributed by atoms with E-state index in [1.54, 1.807) is 10.8 Å². The Balaban J connectivity index is 1.81. The van der Waals surface area contributed by atoms with E-state index in [4.69, 9.17) is 14.2 Å². The van der Waals surface area contributed by atoms with E-state index >= 15 is 0 Å². The molecule has 0 amide bonds. The van der Waals surface area contributed by atoms with Crippen LogP contribution in [0.1, 0.15) is 17.3 Å². The summed E-state index contributed by atoms with van der Waals surface area (Å²) in [5, 5.41) is 0.828. The molecule has 0 unspecified atom stereocenters. The lowest BCUT2D eigenvalue weighted by atomic mass is 10.2. The number of aldehydes is 1. The summed E-state index contributed by atoms with van der Waals surface area (Å²) in [6.45, 7) is 4.20. The Labute approximate surface area is 134 Å². The predicted octanol–water partition coefficient (Wildman–Crippen LogP) is 2.05. The smallest absolute Gasteiger partial charge is 0.326 e. The average Bonchev–Trinajstić information content (AvgIpc) is 2.92. The maximum absolute atomic E-state index is 11.9. The molecule has 0 aliphatic rings. The van der Waals surface area contributed by atoms with Gasteiger partial charge in [0.05, 0.1) is 19.8 Å². The molecule has 0 spiro atoms. The van der Waals surface area contributed by atoms with Crippen molar-refractivity contribution in [1.29, 1.82) is 0 Å². The SMILES string of the molecule is CCOCCOCCOC(=O)Cn1cc(C=O)c2ccccc21. The largest absolute Gasteiger partial charge is 0.462 e. The fourth-order valence-corrected chi connectivity index (χ4v) is 2.26. The fourth-order valence-electron chi connectivity index (χ4n) is 2.26. The Morgan fingerprint density at radius 2 is 1.87 bits per heavy atom.